The third kappa shape index (κ3) is 2.67. The fraction of sp³-hybridized carbons (Fsp3) is 0.333. The van der Waals surface area contributed by atoms with Crippen molar-refractivity contribution in [2.45, 2.75) is 6.92 Å². The number of pyridine rings is 1. The maximum Gasteiger partial charge on any atom is 0.161 e. The van der Waals surface area contributed by atoms with Crippen molar-refractivity contribution >= 4 is 28.3 Å². The van der Waals surface area contributed by atoms with Crippen molar-refractivity contribution in [3.05, 3.63) is 29.4 Å². The van der Waals surface area contributed by atoms with Crippen LogP contribution in [-0.2, 0) is 7.05 Å². The lowest BCUT2D eigenvalue weighted by molar-refractivity contribution is 0.828. The second kappa shape index (κ2) is 4.58. The summed E-state index contributed by atoms with van der Waals surface area (Å²) in [4.78, 5) is 4.33. The molecular formula is C9H12N2S2. The SMILES string of the molecule is CSC(=S)/N=c1\c(C)cccn1C. The molecule has 0 radical (unpaired) electrons. The molecule has 1 aromatic heterocycles. The molecule has 13 heavy (non-hydrogen) atoms. The van der Waals surface area contributed by atoms with E-state index < -0.39 is 0 Å². The zero-order chi connectivity index (χ0) is 9.84. The minimum atomic E-state index is 0.671. The van der Waals surface area contributed by atoms with Crippen LogP contribution in [0, 0.1) is 6.92 Å². The van der Waals surface area contributed by atoms with Gasteiger partial charge in [0, 0.05) is 13.2 Å². The van der Waals surface area contributed by atoms with E-state index in [1.54, 1.807) is 0 Å². The number of nitrogens with zero attached hydrogens (tertiary/aromatic N) is 2. The first-order valence-electron chi connectivity index (χ1n) is 3.90. The Labute approximate surface area is 87.7 Å². The highest BCUT2D eigenvalue weighted by Gasteiger charge is 1.94. The van der Waals surface area contributed by atoms with Crippen LogP contribution in [0.25, 0.3) is 0 Å². The number of thioether (sulfide) groups is 1. The first kappa shape index (κ1) is 10.5. The highest BCUT2D eigenvalue weighted by atomic mass is 32.2. The standard InChI is InChI=1S/C9H12N2S2/c1-7-5-4-6-11(2)8(7)10-9(12)13-3/h4-6H,1-3H3/b10-8+. The van der Waals surface area contributed by atoms with Gasteiger partial charge in [-0.1, -0.05) is 30.0 Å². The van der Waals surface area contributed by atoms with Gasteiger partial charge in [-0.3, -0.25) is 0 Å². The van der Waals surface area contributed by atoms with Gasteiger partial charge >= 0.3 is 0 Å². The van der Waals surface area contributed by atoms with Crippen LogP contribution in [-0.4, -0.2) is 15.1 Å². The lowest BCUT2D eigenvalue weighted by Gasteiger charge is -2.01. The van der Waals surface area contributed by atoms with E-state index in [4.69, 9.17) is 12.2 Å². The van der Waals surface area contributed by atoms with E-state index in [0.29, 0.717) is 4.32 Å². The van der Waals surface area contributed by atoms with Crippen molar-refractivity contribution in [1.82, 2.24) is 4.57 Å². The van der Waals surface area contributed by atoms with Crippen LogP contribution in [0.2, 0.25) is 0 Å². The summed E-state index contributed by atoms with van der Waals surface area (Å²) in [6.07, 6.45) is 3.90. The molecule has 1 rings (SSSR count). The number of rotatable bonds is 0. The second-order valence-electron chi connectivity index (χ2n) is 2.71. The van der Waals surface area contributed by atoms with E-state index in [1.165, 1.54) is 11.8 Å². The molecular weight excluding hydrogens is 200 g/mol. The molecule has 0 aliphatic heterocycles. The molecule has 70 valence electrons. The summed E-state index contributed by atoms with van der Waals surface area (Å²) in [5.41, 5.74) is 2.07. The van der Waals surface area contributed by atoms with Crippen molar-refractivity contribution in [2.24, 2.45) is 12.0 Å². The molecule has 1 heterocycles. The van der Waals surface area contributed by atoms with Crippen LogP contribution in [0.1, 0.15) is 5.56 Å². The zero-order valence-electron chi connectivity index (χ0n) is 7.94. The van der Waals surface area contributed by atoms with Crippen LogP contribution in [0.4, 0.5) is 0 Å². The summed E-state index contributed by atoms with van der Waals surface area (Å²) in [5, 5.41) is 0. The molecule has 0 aliphatic carbocycles. The molecule has 0 unspecified atom stereocenters. The van der Waals surface area contributed by atoms with Crippen LogP contribution < -0.4 is 5.49 Å². The molecule has 0 aliphatic rings. The van der Waals surface area contributed by atoms with E-state index in [0.717, 1.165) is 11.1 Å². The Morgan fingerprint density at radius 3 is 2.85 bits per heavy atom. The van der Waals surface area contributed by atoms with Crippen molar-refractivity contribution in [1.29, 1.82) is 0 Å². The molecule has 0 spiro atoms. The Bertz CT molecular complexity index is 356. The summed E-state index contributed by atoms with van der Waals surface area (Å²) in [5.74, 6) is 0. The van der Waals surface area contributed by atoms with Gasteiger partial charge in [-0.05, 0) is 24.8 Å². The van der Waals surface area contributed by atoms with Crippen molar-refractivity contribution in [3.63, 3.8) is 0 Å². The number of hydrogen-bond donors (Lipinski definition) is 0. The molecule has 0 bridgehead atoms. The normalized spacial score (nSPS) is 11.8. The van der Waals surface area contributed by atoms with Crippen molar-refractivity contribution < 1.29 is 0 Å². The summed E-state index contributed by atoms with van der Waals surface area (Å²) in [6.45, 7) is 2.03. The predicted molar refractivity (Wildman–Crippen MR) is 61.8 cm³/mol. The van der Waals surface area contributed by atoms with Gasteiger partial charge in [0.15, 0.2) is 4.32 Å². The Morgan fingerprint density at radius 2 is 2.31 bits per heavy atom. The first-order chi connectivity index (χ1) is 6.15. The number of aromatic nitrogens is 1. The predicted octanol–water partition coefficient (Wildman–Crippen LogP) is 1.88. The number of aryl methyl sites for hydroxylation is 2. The van der Waals surface area contributed by atoms with E-state index in [2.05, 4.69) is 4.99 Å². The smallest absolute Gasteiger partial charge is 0.161 e. The van der Waals surface area contributed by atoms with Gasteiger partial charge in [0.25, 0.3) is 0 Å². The monoisotopic (exact) mass is 212 g/mol. The Hall–Kier alpha value is -0.610. The van der Waals surface area contributed by atoms with Gasteiger partial charge in [-0.25, -0.2) is 4.99 Å². The summed E-state index contributed by atoms with van der Waals surface area (Å²) in [7, 11) is 1.97. The molecule has 0 aromatic carbocycles. The van der Waals surface area contributed by atoms with E-state index in [9.17, 15) is 0 Å². The summed E-state index contributed by atoms with van der Waals surface area (Å²) in [6, 6.07) is 4.03. The summed E-state index contributed by atoms with van der Waals surface area (Å²) >= 11 is 6.53. The van der Waals surface area contributed by atoms with Gasteiger partial charge < -0.3 is 4.57 Å². The molecule has 0 atom stereocenters. The Kier molecular flexibility index (Phi) is 3.69. The fourth-order valence-corrected chi connectivity index (χ4v) is 1.30. The molecule has 0 saturated carbocycles. The molecule has 2 nitrogen and oxygen atoms in total. The molecule has 0 saturated heterocycles. The minimum Gasteiger partial charge on any atom is -0.336 e. The quantitative estimate of drug-likeness (QED) is 0.611. The highest BCUT2D eigenvalue weighted by molar-refractivity contribution is 8.22. The third-order valence-electron chi connectivity index (χ3n) is 1.71. The van der Waals surface area contributed by atoms with Crippen LogP contribution in [0.5, 0.6) is 0 Å². The van der Waals surface area contributed by atoms with Gasteiger partial charge in [0.1, 0.15) is 5.49 Å². The molecule has 0 N–H and O–H groups in total. The Morgan fingerprint density at radius 1 is 1.62 bits per heavy atom. The van der Waals surface area contributed by atoms with E-state index in [-0.39, 0.29) is 0 Å². The highest BCUT2D eigenvalue weighted by Crippen LogP contribution is 1.98. The average molecular weight is 212 g/mol. The van der Waals surface area contributed by atoms with E-state index in [1.807, 2.05) is 43.1 Å². The van der Waals surface area contributed by atoms with Crippen LogP contribution in [0.15, 0.2) is 23.3 Å². The largest absolute Gasteiger partial charge is 0.336 e. The van der Waals surface area contributed by atoms with Gasteiger partial charge in [-0.2, -0.15) is 0 Å². The number of hydrogen-bond acceptors (Lipinski definition) is 2. The average Bonchev–Trinajstić information content (AvgIpc) is 2.11. The molecule has 0 amide bonds. The molecule has 4 heteroatoms. The molecule has 1 aromatic rings. The maximum atomic E-state index is 5.04. The zero-order valence-corrected chi connectivity index (χ0v) is 9.58. The lowest BCUT2D eigenvalue weighted by atomic mass is 10.3. The van der Waals surface area contributed by atoms with Crippen molar-refractivity contribution in [3.8, 4) is 0 Å². The third-order valence-corrected chi connectivity index (χ3v) is 2.75. The number of thiocarbonyl (C=S) groups is 1. The Balaban J connectivity index is 3.27. The van der Waals surface area contributed by atoms with Crippen LogP contribution >= 0.6 is 24.0 Å². The maximum absolute atomic E-state index is 5.04. The fourth-order valence-electron chi connectivity index (χ4n) is 1.04. The second-order valence-corrected chi connectivity index (χ2v) is 4.15. The first-order valence-corrected chi connectivity index (χ1v) is 5.53. The summed E-state index contributed by atoms with van der Waals surface area (Å²) < 4.78 is 2.64. The van der Waals surface area contributed by atoms with Gasteiger partial charge in [0.2, 0.25) is 0 Å². The lowest BCUT2D eigenvalue weighted by Crippen LogP contribution is -2.20. The van der Waals surface area contributed by atoms with Crippen LogP contribution in [0.3, 0.4) is 0 Å². The minimum absolute atomic E-state index is 0.671. The van der Waals surface area contributed by atoms with Gasteiger partial charge in [0.05, 0.1) is 0 Å². The van der Waals surface area contributed by atoms with Crippen molar-refractivity contribution in [2.75, 3.05) is 6.26 Å². The van der Waals surface area contributed by atoms with Gasteiger partial charge in [-0.15, -0.1) is 0 Å². The molecule has 0 fully saturated rings. The topological polar surface area (TPSA) is 17.3 Å². The van der Waals surface area contributed by atoms with E-state index >= 15 is 0 Å².